The zero-order valence-corrected chi connectivity index (χ0v) is 12.1. The van der Waals surface area contributed by atoms with E-state index in [1.165, 1.54) is 16.9 Å². The van der Waals surface area contributed by atoms with E-state index in [4.69, 9.17) is 0 Å². The van der Waals surface area contributed by atoms with Gasteiger partial charge in [-0.3, -0.25) is 0 Å². The molecule has 1 saturated heterocycles. The minimum atomic E-state index is -3.12. The third-order valence-electron chi connectivity index (χ3n) is 3.56. The van der Waals surface area contributed by atoms with Crippen LogP contribution in [0.15, 0.2) is 18.6 Å². The number of fused-ring (bicyclic) bond motifs is 1. The van der Waals surface area contributed by atoms with Crippen molar-refractivity contribution in [3.63, 3.8) is 0 Å². The van der Waals surface area contributed by atoms with E-state index in [9.17, 15) is 8.42 Å². The molecule has 0 saturated carbocycles. The molecule has 0 amide bonds. The summed E-state index contributed by atoms with van der Waals surface area (Å²) in [7, 11) is -3.12. The van der Waals surface area contributed by atoms with Crippen molar-refractivity contribution in [3.05, 3.63) is 18.6 Å². The average molecular weight is 295 g/mol. The SMILES string of the molecule is CS(=O)(=O)N1CCCN(c2ncnc3[nH]ccc23)CC1. The molecule has 7 nitrogen and oxygen atoms in total. The molecular formula is C12H17N5O2S. The summed E-state index contributed by atoms with van der Waals surface area (Å²) in [6, 6.07) is 1.95. The van der Waals surface area contributed by atoms with Crippen LogP contribution in [0.1, 0.15) is 6.42 Å². The topological polar surface area (TPSA) is 82.2 Å². The van der Waals surface area contributed by atoms with Gasteiger partial charge >= 0.3 is 0 Å². The largest absolute Gasteiger partial charge is 0.355 e. The monoisotopic (exact) mass is 295 g/mol. The summed E-state index contributed by atoms with van der Waals surface area (Å²) in [4.78, 5) is 13.7. The van der Waals surface area contributed by atoms with Gasteiger partial charge in [0.05, 0.1) is 11.6 Å². The smallest absolute Gasteiger partial charge is 0.211 e. The summed E-state index contributed by atoms with van der Waals surface area (Å²) in [6.45, 7) is 2.50. The number of nitrogens with one attached hydrogen (secondary N) is 1. The van der Waals surface area contributed by atoms with Crippen molar-refractivity contribution in [2.75, 3.05) is 37.3 Å². The Morgan fingerprint density at radius 1 is 1.20 bits per heavy atom. The summed E-state index contributed by atoms with van der Waals surface area (Å²) in [6.07, 6.45) is 5.43. The predicted molar refractivity (Wildman–Crippen MR) is 77.1 cm³/mol. The van der Waals surface area contributed by atoms with Crippen LogP contribution < -0.4 is 4.90 Å². The molecule has 108 valence electrons. The molecule has 0 aliphatic carbocycles. The molecule has 0 atom stereocenters. The highest BCUT2D eigenvalue weighted by atomic mass is 32.2. The first kappa shape index (κ1) is 13.3. The van der Waals surface area contributed by atoms with Crippen LogP contribution in [0.2, 0.25) is 0 Å². The highest BCUT2D eigenvalue weighted by Gasteiger charge is 2.22. The molecule has 3 rings (SSSR count). The zero-order valence-electron chi connectivity index (χ0n) is 11.3. The van der Waals surface area contributed by atoms with E-state index in [-0.39, 0.29) is 0 Å². The Balaban J connectivity index is 1.87. The Hall–Kier alpha value is -1.67. The second-order valence-electron chi connectivity index (χ2n) is 4.94. The highest BCUT2D eigenvalue weighted by Crippen LogP contribution is 2.23. The van der Waals surface area contributed by atoms with E-state index in [1.54, 1.807) is 0 Å². The predicted octanol–water partition coefficient (Wildman–Crippen LogP) is 0.430. The number of aromatic amines is 1. The van der Waals surface area contributed by atoms with E-state index >= 15 is 0 Å². The van der Waals surface area contributed by atoms with Gasteiger partial charge in [-0.2, -0.15) is 0 Å². The fourth-order valence-electron chi connectivity index (χ4n) is 2.55. The molecule has 0 bridgehead atoms. The van der Waals surface area contributed by atoms with Crippen LogP contribution in [0.4, 0.5) is 5.82 Å². The Morgan fingerprint density at radius 3 is 2.85 bits per heavy atom. The Kier molecular flexibility index (Phi) is 3.35. The van der Waals surface area contributed by atoms with Gasteiger partial charge in [0.25, 0.3) is 0 Å². The third-order valence-corrected chi connectivity index (χ3v) is 4.86. The summed E-state index contributed by atoms with van der Waals surface area (Å²) in [5.74, 6) is 0.867. The molecule has 1 N–H and O–H groups in total. The van der Waals surface area contributed by atoms with Gasteiger partial charge in [0.15, 0.2) is 0 Å². The molecule has 20 heavy (non-hydrogen) atoms. The van der Waals surface area contributed by atoms with Crippen molar-refractivity contribution in [1.82, 2.24) is 19.3 Å². The lowest BCUT2D eigenvalue weighted by Crippen LogP contribution is -2.34. The maximum Gasteiger partial charge on any atom is 0.211 e. The molecular weight excluding hydrogens is 278 g/mol. The Bertz CT molecular complexity index is 711. The van der Waals surface area contributed by atoms with Crippen LogP contribution in [0.3, 0.4) is 0 Å². The van der Waals surface area contributed by atoms with Gasteiger partial charge < -0.3 is 9.88 Å². The van der Waals surface area contributed by atoms with Gasteiger partial charge in [-0.15, -0.1) is 0 Å². The lowest BCUT2D eigenvalue weighted by atomic mass is 10.3. The quantitative estimate of drug-likeness (QED) is 0.869. The minimum Gasteiger partial charge on any atom is -0.355 e. The van der Waals surface area contributed by atoms with Crippen LogP contribution in [0.5, 0.6) is 0 Å². The van der Waals surface area contributed by atoms with Crippen LogP contribution in [-0.2, 0) is 10.0 Å². The Labute approximate surface area is 117 Å². The molecule has 2 aromatic heterocycles. The van der Waals surface area contributed by atoms with Gasteiger partial charge in [-0.1, -0.05) is 0 Å². The lowest BCUT2D eigenvalue weighted by Gasteiger charge is -2.22. The highest BCUT2D eigenvalue weighted by molar-refractivity contribution is 7.88. The molecule has 2 aromatic rings. The van der Waals surface area contributed by atoms with E-state index in [2.05, 4.69) is 19.9 Å². The molecule has 1 aliphatic heterocycles. The summed E-state index contributed by atoms with van der Waals surface area (Å²) in [5.41, 5.74) is 0.805. The maximum absolute atomic E-state index is 11.6. The second kappa shape index (κ2) is 5.02. The van der Waals surface area contributed by atoms with Crippen molar-refractivity contribution < 1.29 is 8.42 Å². The van der Waals surface area contributed by atoms with Gasteiger partial charge in [0.2, 0.25) is 10.0 Å². The average Bonchev–Trinajstić information content (AvgIpc) is 2.73. The normalized spacial score (nSPS) is 18.4. The second-order valence-corrected chi connectivity index (χ2v) is 6.92. The summed E-state index contributed by atoms with van der Waals surface area (Å²) >= 11 is 0. The van der Waals surface area contributed by atoms with Crippen molar-refractivity contribution >= 4 is 26.9 Å². The van der Waals surface area contributed by atoms with Crippen molar-refractivity contribution in [3.8, 4) is 0 Å². The van der Waals surface area contributed by atoms with Gasteiger partial charge in [0.1, 0.15) is 17.8 Å². The number of H-pyrrole nitrogens is 1. The first-order valence-corrected chi connectivity index (χ1v) is 8.39. The standard InChI is InChI=1S/C12H17N5O2S/c1-20(18,19)17-6-2-5-16(7-8-17)12-10-3-4-13-11(10)14-9-15-12/h3-4,9H,2,5-8H2,1H3,(H,13,14,15). The fourth-order valence-corrected chi connectivity index (χ4v) is 3.42. The van der Waals surface area contributed by atoms with E-state index in [0.29, 0.717) is 19.6 Å². The maximum atomic E-state index is 11.6. The molecule has 0 spiro atoms. The first-order chi connectivity index (χ1) is 9.55. The molecule has 0 radical (unpaired) electrons. The van der Waals surface area contributed by atoms with Crippen molar-refractivity contribution in [1.29, 1.82) is 0 Å². The first-order valence-electron chi connectivity index (χ1n) is 6.54. The minimum absolute atomic E-state index is 0.495. The fraction of sp³-hybridized carbons (Fsp3) is 0.500. The van der Waals surface area contributed by atoms with E-state index in [1.807, 2.05) is 12.3 Å². The molecule has 8 heteroatoms. The van der Waals surface area contributed by atoms with Gasteiger partial charge in [-0.25, -0.2) is 22.7 Å². The van der Waals surface area contributed by atoms with Crippen LogP contribution in [0.25, 0.3) is 11.0 Å². The zero-order chi connectivity index (χ0) is 14.2. The number of sulfonamides is 1. The van der Waals surface area contributed by atoms with E-state index in [0.717, 1.165) is 29.8 Å². The molecule has 1 aliphatic rings. The third kappa shape index (κ3) is 2.48. The molecule has 1 fully saturated rings. The number of rotatable bonds is 2. The van der Waals surface area contributed by atoms with Crippen LogP contribution >= 0.6 is 0 Å². The van der Waals surface area contributed by atoms with Crippen molar-refractivity contribution in [2.45, 2.75) is 6.42 Å². The summed E-state index contributed by atoms with van der Waals surface area (Å²) < 4.78 is 24.8. The summed E-state index contributed by atoms with van der Waals surface area (Å²) in [5, 5.41) is 0.973. The number of anilines is 1. The number of hydrogen-bond acceptors (Lipinski definition) is 5. The van der Waals surface area contributed by atoms with Crippen LogP contribution in [0, 0.1) is 0 Å². The molecule has 0 aromatic carbocycles. The van der Waals surface area contributed by atoms with Gasteiger partial charge in [-0.05, 0) is 12.5 Å². The molecule has 0 unspecified atom stereocenters. The molecule has 3 heterocycles. The number of aromatic nitrogens is 3. The number of nitrogens with zero attached hydrogens (tertiary/aromatic N) is 4. The van der Waals surface area contributed by atoms with Crippen molar-refractivity contribution in [2.24, 2.45) is 0 Å². The van der Waals surface area contributed by atoms with E-state index < -0.39 is 10.0 Å². The Morgan fingerprint density at radius 2 is 2.05 bits per heavy atom. The van der Waals surface area contributed by atoms with Gasteiger partial charge in [0, 0.05) is 32.4 Å². The lowest BCUT2D eigenvalue weighted by molar-refractivity contribution is 0.437. The van der Waals surface area contributed by atoms with Crippen LogP contribution in [-0.4, -0.2) is 60.1 Å². The number of hydrogen-bond donors (Lipinski definition) is 1.